The van der Waals surface area contributed by atoms with Gasteiger partial charge in [0.1, 0.15) is 0 Å². The molecule has 0 amide bonds. The van der Waals surface area contributed by atoms with Crippen LogP contribution in [0.5, 0.6) is 6.01 Å². The molecule has 13 heavy (non-hydrogen) atoms. The highest BCUT2D eigenvalue weighted by atomic mass is 16.6. The Kier molecular flexibility index (Phi) is 2.84. The van der Waals surface area contributed by atoms with Gasteiger partial charge in [0.25, 0.3) is 0 Å². The van der Waals surface area contributed by atoms with Gasteiger partial charge in [-0.15, -0.1) is 4.98 Å². The summed E-state index contributed by atoms with van der Waals surface area (Å²) in [6, 6.07) is -0.0360. The van der Waals surface area contributed by atoms with E-state index < -0.39 is 11.9 Å². The SMILES string of the molecule is CC(C)COc1noc(C(=O)O)n1. The van der Waals surface area contributed by atoms with E-state index in [0.29, 0.717) is 12.5 Å². The van der Waals surface area contributed by atoms with Crippen molar-refractivity contribution >= 4 is 5.97 Å². The largest absolute Gasteiger partial charge is 0.474 e. The van der Waals surface area contributed by atoms with Gasteiger partial charge in [0.15, 0.2) is 0 Å². The van der Waals surface area contributed by atoms with E-state index in [0.717, 1.165) is 0 Å². The first-order chi connectivity index (χ1) is 6.09. The lowest BCUT2D eigenvalue weighted by Gasteiger charge is -2.01. The first-order valence-corrected chi connectivity index (χ1v) is 3.79. The van der Waals surface area contributed by atoms with E-state index in [1.807, 2.05) is 13.8 Å². The van der Waals surface area contributed by atoms with Crippen LogP contribution in [0.25, 0.3) is 0 Å². The van der Waals surface area contributed by atoms with Crippen LogP contribution in [0.2, 0.25) is 0 Å². The van der Waals surface area contributed by atoms with Gasteiger partial charge in [0.2, 0.25) is 0 Å². The highest BCUT2D eigenvalue weighted by molar-refractivity contribution is 5.81. The second-order valence-electron chi connectivity index (χ2n) is 2.89. The predicted octanol–water partition coefficient (Wildman–Crippen LogP) is 0.803. The second kappa shape index (κ2) is 3.88. The number of rotatable bonds is 4. The monoisotopic (exact) mass is 186 g/mol. The molecule has 0 saturated carbocycles. The zero-order valence-electron chi connectivity index (χ0n) is 7.35. The number of nitrogens with zero attached hydrogens (tertiary/aromatic N) is 2. The van der Waals surface area contributed by atoms with Crippen molar-refractivity contribution < 1.29 is 19.2 Å². The number of hydrogen-bond donors (Lipinski definition) is 1. The maximum atomic E-state index is 10.3. The fourth-order valence-corrected chi connectivity index (χ4v) is 0.597. The standard InChI is InChI=1S/C7H10N2O4/c1-4(2)3-12-7-8-5(6(10)11)13-9-7/h4H,3H2,1-2H3,(H,10,11). The van der Waals surface area contributed by atoms with Gasteiger partial charge in [-0.25, -0.2) is 4.79 Å². The fraction of sp³-hybridized carbons (Fsp3) is 0.571. The molecular weight excluding hydrogens is 176 g/mol. The third kappa shape index (κ3) is 2.73. The smallest absolute Gasteiger partial charge is 0.394 e. The van der Waals surface area contributed by atoms with Crippen molar-refractivity contribution in [2.75, 3.05) is 6.61 Å². The molecule has 0 saturated heterocycles. The molecule has 6 nitrogen and oxygen atoms in total. The molecule has 0 bridgehead atoms. The molecular formula is C7H10N2O4. The minimum Gasteiger partial charge on any atom is -0.474 e. The summed E-state index contributed by atoms with van der Waals surface area (Å²) in [4.78, 5) is 13.8. The zero-order valence-corrected chi connectivity index (χ0v) is 7.35. The van der Waals surface area contributed by atoms with Gasteiger partial charge < -0.3 is 14.4 Å². The van der Waals surface area contributed by atoms with E-state index in [9.17, 15) is 4.79 Å². The number of hydrogen-bond acceptors (Lipinski definition) is 5. The summed E-state index contributed by atoms with van der Waals surface area (Å²) in [6.07, 6.45) is 0. The molecule has 0 aliphatic rings. The summed E-state index contributed by atoms with van der Waals surface area (Å²) in [5, 5.41) is 11.7. The molecule has 1 aromatic rings. The Hall–Kier alpha value is -1.59. The number of aromatic nitrogens is 2. The highest BCUT2D eigenvalue weighted by Gasteiger charge is 2.13. The van der Waals surface area contributed by atoms with E-state index in [2.05, 4.69) is 14.7 Å². The molecule has 1 rings (SSSR count). The maximum absolute atomic E-state index is 10.3. The second-order valence-corrected chi connectivity index (χ2v) is 2.89. The molecule has 6 heteroatoms. The minimum atomic E-state index is -1.26. The van der Waals surface area contributed by atoms with Crippen LogP contribution in [-0.2, 0) is 0 Å². The quantitative estimate of drug-likeness (QED) is 0.748. The van der Waals surface area contributed by atoms with E-state index in [1.54, 1.807) is 0 Å². The van der Waals surface area contributed by atoms with Crippen LogP contribution < -0.4 is 4.74 Å². The molecule has 0 aliphatic carbocycles. The third-order valence-corrected chi connectivity index (χ3v) is 1.14. The first kappa shape index (κ1) is 9.50. The van der Waals surface area contributed by atoms with Gasteiger partial charge in [-0.3, -0.25) is 0 Å². The van der Waals surface area contributed by atoms with Crippen molar-refractivity contribution in [1.29, 1.82) is 0 Å². The molecule has 0 fully saturated rings. The minimum absolute atomic E-state index is 0.0360. The maximum Gasteiger partial charge on any atom is 0.394 e. The van der Waals surface area contributed by atoms with Crippen molar-refractivity contribution in [2.45, 2.75) is 13.8 Å². The van der Waals surface area contributed by atoms with Crippen LogP contribution in [0.1, 0.15) is 24.5 Å². The topological polar surface area (TPSA) is 85.5 Å². The Morgan fingerprint density at radius 2 is 2.38 bits per heavy atom. The fourth-order valence-electron chi connectivity index (χ4n) is 0.597. The van der Waals surface area contributed by atoms with Crippen LogP contribution in [0.4, 0.5) is 0 Å². The van der Waals surface area contributed by atoms with E-state index in [1.165, 1.54) is 0 Å². The van der Waals surface area contributed by atoms with Crippen molar-refractivity contribution in [3.05, 3.63) is 5.89 Å². The predicted molar refractivity (Wildman–Crippen MR) is 41.6 cm³/mol. The Bertz CT molecular complexity index is 294. The summed E-state index contributed by atoms with van der Waals surface area (Å²) in [5.74, 6) is -1.39. The van der Waals surface area contributed by atoms with Crippen LogP contribution in [0.15, 0.2) is 4.52 Å². The zero-order chi connectivity index (χ0) is 9.84. The van der Waals surface area contributed by atoms with E-state index in [4.69, 9.17) is 9.84 Å². The summed E-state index contributed by atoms with van der Waals surface area (Å²) < 4.78 is 9.39. The van der Waals surface area contributed by atoms with E-state index in [-0.39, 0.29) is 6.01 Å². The Morgan fingerprint density at radius 3 is 2.85 bits per heavy atom. The van der Waals surface area contributed by atoms with Gasteiger partial charge in [-0.1, -0.05) is 13.8 Å². The Balaban J connectivity index is 2.54. The van der Waals surface area contributed by atoms with Crippen molar-refractivity contribution in [2.24, 2.45) is 5.92 Å². The van der Waals surface area contributed by atoms with Crippen LogP contribution in [0.3, 0.4) is 0 Å². The molecule has 72 valence electrons. The van der Waals surface area contributed by atoms with Crippen LogP contribution in [0, 0.1) is 5.92 Å². The van der Waals surface area contributed by atoms with Crippen molar-refractivity contribution in [3.8, 4) is 6.01 Å². The molecule has 0 aromatic carbocycles. The number of carboxylic acid groups (broad SMARTS) is 1. The van der Waals surface area contributed by atoms with Crippen LogP contribution >= 0.6 is 0 Å². The van der Waals surface area contributed by atoms with Crippen molar-refractivity contribution in [1.82, 2.24) is 10.1 Å². The Morgan fingerprint density at radius 1 is 1.69 bits per heavy atom. The molecule has 0 aliphatic heterocycles. The lowest BCUT2D eigenvalue weighted by Crippen LogP contribution is -2.05. The third-order valence-electron chi connectivity index (χ3n) is 1.14. The van der Waals surface area contributed by atoms with Gasteiger partial charge in [0.05, 0.1) is 6.61 Å². The number of aromatic carboxylic acids is 1. The average Bonchev–Trinajstić information content (AvgIpc) is 2.48. The van der Waals surface area contributed by atoms with Gasteiger partial charge in [-0.2, -0.15) is 0 Å². The summed E-state index contributed by atoms with van der Waals surface area (Å²) in [6.45, 7) is 4.34. The average molecular weight is 186 g/mol. The van der Waals surface area contributed by atoms with Gasteiger partial charge in [0, 0.05) is 0 Å². The van der Waals surface area contributed by atoms with Gasteiger partial charge >= 0.3 is 17.9 Å². The molecule has 1 heterocycles. The lowest BCUT2D eigenvalue weighted by molar-refractivity contribution is 0.0643. The number of ether oxygens (including phenoxy) is 1. The molecule has 0 unspecified atom stereocenters. The summed E-state index contributed by atoms with van der Waals surface area (Å²) in [7, 11) is 0. The summed E-state index contributed by atoms with van der Waals surface area (Å²) >= 11 is 0. The Labute approximate surface area is 74.5 Å². The van der Waals surface area contributed by atoms with E-state index >= 15 is 0 Å². The molecule has 1 N–H and O–H groups in total. The molecule has 1 aromatic heterocycles. The summed E-state index contributed by atoms with van der Waals surface area (Å²) in [5.41, 5.74) is 0. The number of carboxylic acids is 1. The van der Waals surface area contributed by atoms with Crippen LogP contribution in [-0.4, -0.2) is 27.8 Å². The van der Waals surface area contributed by atoms with Gasteiger partial charge in [-0.05, 0) is 11.1 Å². The van der Waals surface area contributed by atoms with Crippen molar-refractivity contribution in [3.63, 3.8) is 0 Å². The highest BCUT2D eigenvalue weighted by Crippen LogP contribution is 2.06. The first-order valence-electron chi connectivity index (χ1n) is 3.79. The molecule has 0 atom stereocenters. The number of carbonyl (C=O) groups is 1. The normalized spacial score (nSPS) is 10.4. The molecule has 0 radical (unpaired) electrons. The lowest BCUT2D eigenvalue weighted by atomic mass is 10.2. The molecule has 0 spiro atoms.